The maximum Gasteiger partial charge on any atom is 0.328 e. The third-order valence-electron chi connectivity index (χ3n) is 4.04. The number of carbonyl (C=O) groups is 1. The van der Waals surface area contributed by atoms with Crippen LogP contribution in [0.5, 0.6) is 0 Å². The number of carbonyl (C=O) groups excluding carboxylic acids is 1. The monoisotopic (exact) mass is 403 g/mol. The minimum absolute atomic E-state index is 0.143. The summed E-state index contributed by atoms with van der Waals surface area (Å²) in [7, 11) is 0. The number of aromatic amines is 1. The van der Waals surface area contributed by atoms with Crippen LogP contribution in [0.3, 0.4) is 0 Å². The van der Waals surface area contributed by atoms with Crippen LogP contribution in [0, 0.1) is 0 Å². The Morgan fingerprint density at radius 3 is 2.63 bits per heavy atom. The SMILES string of the molecule is CC(NC(=O)CCn1ccc(=O)[nH]c1=O)c1ccc(-c2ccc(Cl)cc2)s1. The van der Waals surface area contributed by atoms with Gasteiger partial charge in [-0.05, 0) is 36.8 Å². The highest BCUT2D eigenvalue weighted by atomic mass is 35.5. The molecule has 2 heterocycles. The Hall–Kier alpha value is -2.64. The molecular weight excluding hydrogens is 386 g/mol. The standard InChI is InChI=1S/C19H18ClN3O3S/c1-12(15-6-7-16(27-15)13-2-4-14(20)5-3-13)21-17(24)8-10-23-11-9-18(25)22-19(23)26/h2-7,9,11-12H,8,10H2,1H3,(H,21,24)(H,22,25,26). The minimum atomic E-state index is -0.519. The molecule has 6 nitrogen and oxygen atoms in total. The number of thiophene rings is 1. The zero-order valence-corrected chi connectivity index (χ0v) is 16.1. The number of nitrogens with zero attached hydrogens (tertiary/aromatic N) is 1. The normalized spacial score (nSPS) is 11.9. The first-order valence-electron chi connectivity index (χ1n) is 8.37. The topological polar surface area (TPSA) is 84.0 Å². The maximum atomic E-state index is 12.2. The molecule has 1 aromatic carbocycles. The summed E-state index contributed by atoms with van der Waals surface area (Å²) >= 11 is 7.53. The molecule has 0 radical (unpaired) electrons. The quantitative estimate of drug-likeness (QED) is 0.663. The molecule has 2 aromatic heterocycles. The molecule has 0 aliphatic carbocycles. The Morgan fingerprint density at radius 2 is 1.93 bits per heavy atom. The van der Waals surface area contributed by atoms with Crippen LogP contribution in [0.2, 0.25) is 5.02 Å². The van der Waals surface area contributed by atoms with E-state index in [0.717, 1.165) is 15.3 Å². The first kappa shape index (κ1) is 19.1. The van der Waals surface area contributed by atoms with E-state index in [1.165, 1.54) is 16.8 Å². The van der Waals surface area contributed by atoms with Gasteiger partial charge in [-0.25, -0.2) is 4.79 Å². The third-order valence-corrected chi connectivity index (χ3v) is 5.61. The van der Waals surface area contributed by atoms with Crippen molar-refractivity contribution in [1.82, 2.24) is 14.9 Å². The molecule has 3 rings (SSSR count). The van der Waals surface area contributed by atoms with Gasteiger partial charge in [-0.1, -0.05) is 23.7 Å². The van der Waals surface area contributed by atoms with E-state index in [4.69, 9.17) is 11.6 Å². The second-order valence-corrected chi connectivity index (χ2v) is 7.60. The summed E-state index contributed by atoms with van der Waals surface area (Å²) in [5.41, 5.74) is 0.101. The predicted octanol–water partition coefficient (Wildman–Crippen LogP) is 3.19. The first-order valence-corrected chi connectivity index (χ1v) is 9.56. The van der Waals surface area contributed by atoms with Crippen LogP contribution in [0.25, 0.3) is 10.4 Å². The fourth-order valence-electron chi connectivity index (χ4n) is 2.58. The second kappa shape index (κ2) is 8.37. The van der Waals surface area contributed by atoms with Gasteiger partial charge in [0.2, 0.25) is 5.91 Å². The van der Waals surface area contributed by atoms with Crippen molar-refractivity contribution in [3.05, 3.63) is 79.4 Å². The molecule has 1 unspecified atom stereocenters. The molecule has 0 fully saturated rings. The van der Waals surface area contributed by atoms with Crippen molar-refractivity contribution in [2.75, 3.05) is 0 Å². The van der Waals surface area contributed by atoms with Crippen LogP contribution in [0.1, 0.15) is 24.3 Å². The van der Waals surface area contributed by atoms with Crippen LogP contribution in [-0.4, -0.2) is 15.5 Å². The van der Waals surface area contributed by atoms with Gasteiger partial charge in [0.1, 0.15) is 0 Å². The van der Waals surface area contributed by atoms with Gasteiger partial charge in [0.05, 0.1) is 6.04 Å². The zero-order valence-electron chi connectivity index (χ0n) is 14.6. The van der Waals surface area contributed by atoms with E-state index in [2.05, 4.69) is 10.3 Å². The highest BCUT2D eigenvalue weighted by Crippen LogP contribution is 2.32. The number of hydrogen-bond donors (Lipinski definition) is 2. The lowest BCUT2D eigenvalue weighted by Crippen LogP contribution is -2.32. The maximum absolute atomic E-state index is 12.2. The summed E-state index contributed by atoms with van der Waals surface area (Å²) in [6.45, 7) is 2.12. The van der Waals surface area contributed by atoms with Crippen LogP contribution in [0.4, 0.5) is 0 Å². The van der Waals surface area contributed by atoms with E-state index >= 15 is 0 Å². The van der Waals surface area contributed by atoms with Crippen LogP contribution >= 0.6 is 22.9 Å². The lowest BCUT2D eigenvalue weighted by Gasteiger charge is -2.12. The van der Waals surface area contributed by atoms with Gasteiger partial charge >= 0.3 is 5.69 Å². The van der Waals surface area contributed by atoms with E-state index in [1.807, 2.05) is 43.3 Å². The fourth-order valence-corrected chi connectivity index (χ4v) is 3.72. The third kappa shape index (κ3) is 4.96. The Bertz CT molecular complexity index is 1050. The van der Waals surface area contributed by atoms with Crippen molar-refractivity contribution in [3.8, 4) is 10.4 Å². The van der Waals surface area contributed by atoms with E-state index in [0.29, 0.717) is 5.02 Å². The molecular formula is C19H18ClN3O3S. The van der Waals surface area contributed by atoms with E-state index in [-0.39, 0.29) is 24.9 Å². The van der Waals surface area contributed by atoms with Gasteiger partial charge < -0.3 is 9.88 Å². The largest absolute Gasteiger partial charge is 0.349 e. The van der Waals surface area contributed by atoms with Crippen LogP contribution in [-0.2, 0) is 11.3 Å². The number of hydrogen-bond acceptors (Lipinski definition) is 4. The summed E-state index contributed by atoms with van der Waals surface area (Å²) in [5.74, 6) is -0.165. The highest BCUT2D eigenvalue weighted by molar-refractivity contribution is 7.15. The number of aromatic nitrogens is 2. The summed E-state index contributed by atoms with van der Waals surface area (Å²) in [6.07, 6.45) is 1.53. The minimum Gasteiger partial charge on any atom is -0.349 e. The molecule has 0 spiro atoms. The predicted molar refractivity (Wildman–Crippen MR) is 107 cm³/mol. The molecule has 3 aromatic rings. The van der Waals surface area contributed by atoms with Crippen LogP contribution in [0.15, 0.2) is 58.3 Å². The van der Waals surface area contributed by atoms with Gasteiger partial charge in [0.25, 0.3) is 5.56 Å². The molecule has 2 N–H and O–H groups in total. The van der Waals surface area contributed by atoms with E-state index in [1.54, 1.807) is 11.3 Å². The van der Waals surface area contributed by atoms with E-state index in [9.17, 15) is 14.4 Å². The van der Waals surface area contributed by atoms with Crippen molar-refractivity contribution >= 4 is 28.8 Å². The Balaban J connectivity index is 1.59. The Morgan fingerprint density at radius 1 is 1.19 bits per heavy atom. The molecule has 0 saturated heterocycles. The molecule has 1 amide bonds. The van der Waals surface area contributed by atoms with Gasteiger partial charge in [-0.2, -0.15) is 0 Å². The number of amides is 1. The van der Waals surface area contributed by atoms with Gasteiger partial charge in [0, 0.05) is 40.0 Å². The highest BCUT2D eigenvalue weighted by Gasteiger charge is 2.13. The van der Waals surface area contributed by atoms with Crippen molar-refractivity contribution in [3.63, 3.8) is 0 Å². The van der Waals surface area contributed by atoms with E-state index < -0.39 is 11.2 Å². The Labute approximate surface area is 164 Å². The molecule has 8 heteroatoms. The fraction of sp³-hybridized carbons (Fsp3) is 0.211. The average Bonchev–Trinajstić information content (AvgIpc) is 3.12. The number of aryl methyl sites for hydroxylation is 1. The number of nitrogens with one attached hydrogen (secondary N) is 2. The number of rotatable bonds is 6. The van der Waals surface area contributed by atoms with Crippen molar-refractivity contribution in [2.24, 2.45) is 0 Å². The molecule has 27 heavy (non-hydrogen) atoms. The van der Waals surface area contributed by atoms with Gasteiger partial charge in [-0.3, -0.25) is 14.6 Å². The lowest BCUT2D eigenvalue weighted by molar-refractivity contribution is -0.121. The molecule has 140 valence electrons. The summed E-state index contributed by atoms with van der Waals surface area (Å²) in [6, 6.07) is 12.7. The molecule has 0 bridgehead atoms. The molecule has 0 aliphatic heterocycles. The zero-order chi connectivity index (χ0) is 19.4. The average molecular weight is 404 g/mol. The lowest BCUT2D eigenvalue weighted by atomic mass is 10.2. The Kier molecular flexibility index (Phi) is 5.93. The second-order valence-electron chi connectivity index (χ2n) is 6.05. The molecule has 0 saturated carbocycles. The van der Waals surface area contributed by atoms with Crippen LogP contribution < -0.4 is 16.6 Å². The molecule has 1 atom stereocenters. The van der Waals surface area contributed by atoms with Crippen molar-refractivity contribution < 1.29 is 4.79 Å². The molecule has 0 aliphatic rings. The van der Waals surface area contributed by atoms with Crippen molar-refractivity contribution in [1.29, 1.82) is 0 Å². The first-order chi connectivity index (χ1) is 12.9. The van der Waals surface area contributed by atoms with Gasteiger partial charge in [-0.15, -0.1) is 11.3 Å². The number of benzene rings is 1. The summed E-state index contributed by atoms with van der Waals surface area (Å²) in [5, 5.41) is 3.63. The summed E-state index contributed by atoms with van der Waals surface area (Å²) < 4.78 is 1.30. The summed E-state index contributed by atoms with van der Waals surface area (Å²) in [4.78, 5) is 39.2. The smallest absolute Gasteiger partial charge is 0.328 e. The van der Waals surface area contributed by atoms with Gasteiger partial charge in [0.15, 0.2) is 0 Å². The number of H-pyrrole nitrogens is 1. The number of halogens is 1. The van der Waals surface area contributed by atoms with Crippen molar-refractivity contribution in [2.45, 2.75) is 25.9 Å².